The van der Waals surface area contributed by atoms with Crippen LogP contribution >= 0.6 is 11.8 Å². The van der Waals surface area contributed by atoms with E-state index < -0.39 is 0 Å². The molecule has 4 heteroatoms. The third-order valence-electron chi connectivity index (χ3n) is 2.10. The number of benzene rings is 1. The van der Waals surface area contributed by atoms with Crippen molar-refractivity contribution < 1.29 is 4.79 Å². The van der Waals surface area contributed by atoms with Gasteiger partial charge in [-0.3, -0.25) is 4.79 Å². The van der Waals surface area contributed by atoms with Crippen LogP contribution in [0.5, 0.6) is 0 Å². The van der Waals surface area contributed by atoms with Crippen molar-refractivity contribution in [1.29, 1.82) is 0 Å². The van der Waals surface area contributed by atoms with Crippen molar-refractivity contribution in [3.8, 4) is 0 Å². The van der Waals surface area contributed by atoms with E-state index in [1.807, 2.05) is 23.9 Å². The molecule has 1 aromatic carbocycles. The molecule has 1 amide bonds. The molecule has 3 nitrogen and oxygen atoms in total. The van der Waals surface area contributed by atoms with Gasteiger partial charge in [-0.15, -0.1) is 0 Å². The second-order valence-corrected chi connectivity index (χ2v) is 5.54. The Morgan fingerprint density at radius 2 is 2.24 bits per heavy atom. The van der Waals surface area contributed by atoms with Gasteiger partial charge in [0.05, 0.1) is 0 Å². The largest absolute Gasteiger partial charge is 0.399 e. The summed E-state index contributed by atoms with van der Waals surface area (Å²) < 4.78 is 0. The van der Waals surface area contributed by atoms with E-state index in [4.69, 9.17) is 5.73 Å². The van der Waals surface area contributed by atoms with Gasteiger partial charge in [-0.2, -0.15) is 11.8 Å². The highest BCUT2D eigenvalue weighted by atomic mass is 32.2. The second-order valence-electron chi connectivity index (χ2n) is 4.39. The average molecular weight is 252 g/mol. The number of rotatable bonds is 6. The molecule has 0 unspecified atom stereocenters. The lowest BCUT2D eigenvalue weighted by molar-refractivity contribution is -0.115. The Kier molecular flexibility index (Phi) is 5.91. The zero-order valence-electron chi connectivity index (χ0n) is 10.4. The Labute approximate surface area is 107 Å². The van der Waals surface area contributed by atoms with Crippen LogP contribution in [-0.4, -0.2) is 17.4 Å². The molecule has 0 bridgehead atoms. The summed E-state index contributed by atoms with van der Waals surface area (Å²) in [6, 6.07) is 7.24. The van der Waals surface area contributed by atoms with Crippen LogP contribution in [-0.2, 0) is 4.79 Å². The fourth-order valence-electron chi connectivity index (χ4n) is 1.32. The quantitative estimate of drug-likeness (QED) is 0.604. The molecule has 94 valence electrons. The standard InChI is InChI=1S/C13H20N2OS/c1-10(2)9-17-7-6-13(16)15-12-5-3-4-11(14)8-12/h3-5,8,10H,6-7,9,14H2,1-2H3,(H,15,16). The fourth-order valence-corrected chi connectivity index (χ4v) is 2.29. The molecule has 0 spiro atoms. The number of anilines is 2. The van der Waals surface area contributed by atoms with E-state index in [2.05, 4.69) is 19.2 Å². The van der Waals surface area contributed by atoms with Crippen molar-refractivity contribution in [2.24, 2.45) is 5.92 Å². The number of nitrogen functional groups attached to an aromatic ring is 1. The van der Waals surface area contributed by atoms with Crippen LogP contribution in [0, 0.1) is 5.92 Å². The van der Waals surface area contributed by atoms with Crippen LogP contribution in [0.1, 0.15) is 20.3 Å². The van der Waals surface area contributed by atoms with E-state index in [-0.39, 0.29) is 5.91 Å². The molecule has 0 aliphatic rings. The number of nitrogens with one attached hydrogen (secondary N) is 1. The molecule has 17 heavy (non-hydrogen) atoms. The molecule has 0 heterocycles. The molecule has 0 aliphatic carbocycles. The minimum Gasteiger partial charge on any atom is -0.399 e. The number of hydrogen-bond donors (Lipinski definition) is 2. The van der Waals surface area contributed by atoms with Crippen LogP contribution in [0.2, 0.25) is 0 Å². The van der Waals surface area contributed by atoms with Crippen LogP contribution < -0.4 is 11.1 Å². The number of carbonyl (C=O) groups is 1. The van der Waals surface area contributed by atoms with Crippen molar-refractivity contribution in [3.05, 3.63) is 24.3 Å². The SMILES string of the molecule is CC(C)CSCCC(=O)Nc1cccc(N)c1. The smallest absolute Gasteiger partial charge is 0.225 e. The first-order valence-electron chi connectivity index (χ1n) is 5.81. The molecule has 3 N–H and O–H groups in total. The summed E-state index contributed by atoms with van der Waals surface area (Å²) in [6.07, 6.45) is 0.548. The Morgan fingerprint density at radius 3 is 2.88 bits per heavy atom. The van der Waals surface area contributed by atoms with Gasteiger partial charge in [0.2, 0.25) is 5.91 Å². The van der Waals surface area contributed by atoms with E-state index in [0.29, 0.717) is 18.0 Å². The van der Waals surface area contributed by atoms with Crippen LogP contribution in [0.15, 0.2) is 24.3 Å². The molecule has 1 rings (SSSR count). The third-order valence-corrected chi connectivity index (χ3v) is 3.49. The van der Waals surface area contributed by atoms with Gasteiger partial charge in [0.25, 0.3) is 0 Å². The predicted molar refractivity (Wildman–Crippen MR) is 76.3 cm³/mol. The molecule has 0 aromatic heterocycles. The van der Waals surface area contributed by atoms with Crippen LogP contribution in [0.25, 0.3) is 0 Å². The average Bonchev–Trinajstić information content (AvgIpc) is 2.24. The van der Waals surface area contributed by atoms with E-state index >= 15 is 0 Å². The van der Waals surface area contributed by atoms with Crippen molar-refractivity contribution in [3.63, 3.8) is 0 Å². The van der Waals surface area contributed by atoms with Gasteiger partial charge in [0.15, 0.2) is 0 Å². The molecule has 0 radical (unpaired) electrons. The summed E-state index contributed by atoms with van der Waals surface area (Å²) in [5.41, 5.74) is 7.07. The number of amides is 1. The van der Waals surface area contributed by atoms with Gasteiger partial charge in [-0.1, -0.05) is 19.9 Å². The number of hydrogen-bond acceptors (Lipinski definition) is 3. The lowest BCUT2D eigenvalue weighted by atomic mass is 10.3. The van der Waals surface area contributed by atoms with Crippen molar-refractivity contribution in [2.75, 3.05) is 22.6 Å². The highest BCUT2D eigenvalue weighted by Gasteiger charge is 2.03. The molecule has 0 atom stereocenters. The number of carbonyl (C=O) groups excluding carboxylic acids is 1. The molecular weight excluding hydrogens is 232 g/mol. The van der Waals surface area contributed by atoms with Gasteiger partial charge in [-0.05, 0) is 29.9 Å². The minimum atomic E-state index is 0.0480. The van der Waals surface area contributed by atoms with Gasteiger partial charge < -0.3 is 11.1 Å². The summed E-state index contributed by atoms with van der Waals surface area (Å²) in [7, 11) is 0. The molecule has 1 aromatic rings. The zero-order chi connectivity index (χ0) is 12.7. The Balaban J connectivity index is 2.25. The first-order chi connectivity index (χ1) is 8.08. The highest BCUT2D eigenvalue weighted by Crippen LogP contribution is 2.13. The lowest BCUT2D eigenvalue weighted by Gasteiger charge is -2.06. The Morgan fingerprint density at radius 1 is 1.47 bits per heavy atom. The molecule has 0 fully saturated rings. The summed E-state index contributed by atoms with van der Waals surface area (Å²) in [6.45, 7) is 4.36. The lowest BCUT2D eigenvalue weighted by Crippen LogP contribution is -2.12. The number of thioether (sulfide) groups is 1. The van der Waals surface area contributed by atoms with Crippen molar-refractivity contribution in [1.82, 2.24) is 0 Å². The zero-order valence-corrected chi connectivity index (χ0v) is 11.2. The monoisotopic (exact) mass is 252 g/mol. The van der Waals surface area contributed by atoms with Crippen molar-refractivity contribution in [2.45, 2.75) is 20.3 Å². The molecule has 0 saturated carbocycles. The predicted octanol–water partition coefficient (Wildman–Crippen LogP) is 2.99. The normalized spacial score (nSPS) is 10.5. The first-order valence-corrected chi connectivity index (χ1v) is 6.96. The van der Waals surface area contributed by atoms with Gasteiger partial charge >= 0.3 is 0 Å². The number of nitrogens with two attached hydrogens (primary N) is 1. The van der Waals surface area contributed by atoms with Gasteiger partial charge in [0.1, 0.15) is 0 Å². The maximum Gasteiger partial charge on any atom is 0.225 e. The molecule has 0 aliphatic heterocycles. The molecular formula is C13H20N2OS. The molecule has 0 saturated heterocycles. The van der Waals surface area contributed by atoms with Crippen molar-refractivity contribution >= 4 is 29.0 Å². The summed E-state index contributed by atoms with van der Waals surface area (Å²) >= 11 is 1.82. The van der Waals surface area contributed by atoms with E-state index in [9.17, 15) is 4.79 Å². The Hall–Kier alpha value is -1.16. The first kappa shape index (κ1) is 13.9. The maximum absolute atomic E-state index is 11.6. The van der Waals surface area contributed by atoms with E-state index in [1.54, 1.807) is 12.1 Å². The maximum atomic E-state index is 11.6. The van der Waals surface area contributed by atoms with Gasteiger partial charge in [-0.25, -0.2) is 0 Å². The fraction of sp³-hybridized carbons (Fsp3) is 0.462. The van der Waals surface area contributed by atoms with E-state index in [1.165, 1.54) is 0 Å². The van der Waals surface area contributed by atoms with Gasteiger partial charge in [0, 0.05) is 23.5 Å². The van der Waals surface area contributed by atoms with Crippen LogP contribution in [0.4, 0.5) is 11.4 Å². The third kappa shape index (κ3) is 6.22. The summed E-state index contributed by atoms with van der Waals surface area (Å²) in [4.78, 5) is 11.6. The second kappa shape index (κ2) is 7.22. The summed E-state index contributed by atoms with van der Waals surface area (Å²) in [5, 5.41) is 2.84. The van der Waals surface area contributed by atoms with E-state index in [0.717, 1.165) is 17.2 Å². The highest BCUT2D eigenvalue weighted by molar-refractivity contribution is 7.99. The summed E-state index contributed by atoms with van der Waals surface area (Å²) in [5.74, 6) is 2.70. The van der Waals surface area contributed by atoms with Crippen LogP contribution in [0.3, 0.4) is 0 Å². The topological polar surface area (TPSA) is 55.1 Å². The Bertz CT molecular complexity index is 366. The minimum absolute atomic E-state index is 0.0480.